The molecule has 0 saturated carbocycles. The maximum Gasteiger partial charge on any atom is 0.422 e. The van der Waals surface area contributed by atoms with Crippen LogP contribution in [0, 0.1) is 11.8 Å². The van der Waals surface area contributed by atoms with Crippen LogP contribution in [0.4, 0.5) is 13.2 Å². The van der Waals surface area contributed by atoms with E-state index in [1.165, 1.54) is 6.92 Å². The third-order valence-electron chi connectivity index (χ3n) is 4.15. The summed E-state index contributed by atoms with van der Waals surface area (Å²) in [6.45, 7) is 3.03. The minimum atomic E-state index is -4.70. The number of halogens is 3. The maximum atomic E-state index is 12.2. The zero-order chi connectivity index (χ0) is 17.8. The van der Waals surface area contributed by atoms with Gasteiger partial charge in [0.05, 0.1) is 0 Å². The fourth-order valence-corrected chi connectivity index (χ4v) is 3.21. The molecule has 0 N–H and O–H groups in total. The van der Waals surface area contributed by atoms with Crippen molar-refractivity contribution in [2.75, 3.05) is 6.61 Å². The maximum absolute atomic E-state index is 12.2. The SMILES string of the molecule is C=C(C)C(=O)OC1C2OC(=O)C3C2OC1C3C(=O)OCC(F)(F)F. The van der Waals surface area contributed by atoms with Crippen molar-refractivity contribution in [3.63, 3.8) is 0 Å². The van der Waals surface area contributed by atoms with Crippen LogP contribution in [0.3, 0.4) is 0 Å². The van der Waals surface area contributed by atoms with Gasteiger partial charge >= 0.3 is 24.1 Å². The van der Waals surface area contributed by atoms with Crippen molar-refractivity contribution < 1.29 is 46.5 Å². The number of hydrogen-bond acceptors (Lipinski definition) is 7. The molecule has 0 amide bonds. The van der Waals surface area contributed by atoms with Crippen LogP contribution in [0.15, 0.2) is 12.2 Å². The molecular formula is C14H13F3O7. The van der Waals surface area contributed by atoms with E-state index in [2.05, 4.69) is 11.3 Å². The van der Waals surface area contributed by atoms with Crippen molar-refractivity contribution in [1.82, 2.24) is 0 Å². The van der Waals surface area contributed by atoms with Gasteiger partial charge in [-0.15, -0.1) is 0 Å². The second-order valence-electron chi connectivity index (χ2n) is 5.89. The van der Waals surface area contributed by atoms with Crippen molar-refractivity contribution in [2.24, 2.45) is 11.8 Å². The molecule has 3 heterocycles. The molecule has 24 heavy (non-hydrogen) atoms. The fourth-order valence-electron chi connectivity index (χ4n) is 3.21. The van der Waals surface area contributed by atoms with E-state index in [-0.39, 0.29) is 5.57 Å². The molecule has 3 fully saturated rings. The number of hydrogen-bond donors (Lipinski definition) is 0. The topological polar surface area (TPSA) is 88.1 Å². The van der Waals surface area contributed by atoms with Crippen LogP contribution in [-0.4, -0.2) is 55.1 Å². The highest BCUT2D eigenvalue weighted by atomic mass is 19.4. The smallest absolute Gasteiger partial charge is 0.422 e. The molecular weight excluding hydrogens is 337 g/mol. The van der Waals surface area contributed by atoms with Crippen LogP contribution in [0.2, 0.25) is 0 Å². The Kier molecular flexibility index (Phi) is 3.82. The van der Waals surface area contributed by atoms with Crippen molar-refractivity contribution >= 4 is 17.9 Å². The molecule has 3 rings (SSSR count). The Morgan fingerprint density at radius 2 is 1.92 bits per heavy atom. The third-order valence-corrected chi connectivity index (χ3v) is 4.15. The van der Waals surface area contributed by atoms with Crippen LogP contribution >= 0.6 is 0 Å². The van der Waals surface area contributed by atoms with Gasteiger partial charge in [0.2, 0.25) is 0 Å². The molecule has 7 nitrogen and oxygen atoms in total. The Morgan fingerprint density at radius 3 is 2.50 bits per heavy atom. The molecule has 3 aliphatic heterocycles. The van der Waals surface area contributed by atoms with Crippen LogP contribution < -0.4 is 0 Å². The first-order chi connectivity index (χ1) is 11.1. The molecule has 132 valence electrons. The van der Waals surface area contributed by atoms with E-state index >= 15 is 0 Å². The average molecular weight is 350 g/mol. The van der Waals surface area contributed by atoms with Crippen LogP contribution in [0.25, 0.3) is 0 Å². The quantitative estimate of drug-likeness (QED) is 0.415. The van der Waals surface area contributed by atoms with E-state index in [0.717, 1.165) is 0 Å². The van der Waals surface area contributed by atoms with E-state index in [4.69, 9.17) is 14.2 Å². The van der Waals surface area contributed by atoms with Crippen molar-refractivity contribution in [3.8, 4) is 0 Å². The minimum Gasteiger partial charge on any atom is -0.456 e. The van der Waals surface area contributed by atoms with Gasteiger partial charge in [0.1, 0.15) is 24.0 Å². The van der Waals surface area contributed by atoms with Crippen molar-refractivity contribution in [2.45, 2.75) is 37.5 Å². The van der Waals surface area contributed by atoms with E-state index in [1.54, 1.807) is 0 Å². The van der Waals surface area contributed by atoms with Crippen LogP contribution in [0.5, 0.6) is 0 Å². The van der Waals surface area contributed by atoms with E-state index < -0.39 is 66.9 Å². The number of fused-ring (bicyclic) bond motifs is 1. The lowest BCUT2D eigenvalue weighted by molar-refractivity contribution is -0.192. The standard InChI is InChI=1S/C14H13F3O7/c1-4(2)11(18)23-9-7-5(12(19)21-3-14(15,16)17)6-8(22-7)10(9)24-13(6)20/h5-10H,1,3H2,2H3. The monoisotopic (exact) mass is 350 g/mol. The van der Waals surface area contributed by atoms with Gasteiger partial charge in [-0.25, -0.2) is 4.79 Å². The zero-order valence-corrected chi connectivity index (χ0v) is 12.4. The first-order valence-corrected chi connectivity index (χ1v) is 7.06. The molecule has 0 aromatic rings. The lowest BCUT2D eigenvalue weighted by Gasteiger charge is -2.27. The summed E-state index contributed by atoms with van der Waals surface area (Å²) in [5.41, 5.74) is 0.0786. The Bertz CT molecular complexity index is 614. The molecule has 0 aliphatic carbocycles. The number of ether oxygens (including phenoxy) is 4. The number of carbonyl (C=O) groups excluding carboxylic acids is 3. The molecule has 0 aromatic heterocycles. The third kappa shape index (κ3) is 2.64. The molecule has 3 aliphatic rings. The average Bonchev–Trinajstić information content (AvgIpc) is 3.06. The zero-order valence-electron chi connectivity index (χ0n) is 12.4. The Balaban J connectivity index is 1.78. The number of esters is 3. The predicted octanol–water partition coefficient (Wildman–Crippen LogP) is 0.519. The molecule has 6 atom stereocenters. The Labute approximate surface area is 133 Å². The highest BCUT2D eigenvalue weighted by Gasteiger charge is 2.72. The second kappa shape index (κ2) is 5.47. The van der Waals surface area contributed by atoms with Gasteiger partial charge in [0.15, 0.2) is 18.8 Å². The molecule has 6 unspecified atom stereocenters. The number of alkyl halides is 3. The van der Waals surface area contributed by atoms with E-state index in [9.17, 15) is 27.6 Å². The Hall–Kier alpha value is -2.10. The summed E-state index contributed by atoms with van der Waals surface area (Å²) < 4.78 is 56.5. The van der Waals surface area contributed by atoms with Crippen molar-refractivity contribution in [1.29, 1.82) is 0 Å². The lowest BCUT2D eigenvalue weighted by atomic mass is 9.78. The minimum absolute atomic E-state index is 0.0786. The first kappa shape index (κ1) is 16.7. The molecule has 2 bridgehead atoms. The van der Waals surface area contributed by atoms with Gasteiger partial charge < -0.3 is 18.9 Å². The highest BCUT2D eigenvalue weighted by Crippen LogP contribution is 2.51. The normalized spacial score (nSPS) is 36.4. The lowest BCUT2D eigenvalue weighted by Crippen LogP contribution is -2.48. The first-order valence-electron chi connectivity index (χ1n) is 7.06. The molecule has 3 saturated heterocycles. The summed E-state index contributed by atoms with van der Waals surface area (Å²) >= 11 is 0. The van der Waals surface area contributed by atoms with E-state index in [1.807, 2.05) is 0 Å². The number of carbonyl (C=O) groups is 3. The van der Waals surface area contributed by atoms with Gasteiger partial charge in [-0.3, -0.25) is 9.59 Å². The summed E-state index contributed by atoms with van der Waals surface area (Å²) in [5, 5.41) is 0. The fraction of sp³-hybridized carbons (Fsp3) is 0.643. The summed E-state index contributed by atoms with van der Waals surface area (Å²) in [6, 6.07) is 0. The summed E-state index contributed by atoms with van der Waals surface area (Å²) in [4.78, 5) is 35.6. The van der Waals surface area contributed by atoms with E-state index in [0.29, 0.717) is 0 Å². The second-order valence-corrected chi connectivity index (χ2v) is 5.89. The van der Waals surface area contributed by atoms with Gasteiger partial charge in [-0.1, -0.05) is 6.58 Å². The van der Waals surface area contributed by atoms with Crippen LogP contribution in [-0.2, 0) is 33.3 Å². The Morgan fingerprint density at radius 1 is 1.25 bits per heavy atom. The van der Waals surface area contributed by atoms with Gasteiger partial charge in [-0.05, 0) is 6.92 Å². The summed E-state index contributed by atoms with van der Waals surface area (Å²) in [7, 11) is 0. The summed E-state index contributed by atoms with van der Waals surface area (Å²) in [6.07, 6.45) is -8.62. The molecule has 0 spiro atoms. The van der Waals surface area contributed by atoms with Gasteiger partial charge in [-0.2, -0.15) is 13.2 Å². The molecule has 10 heteroatoms. The van der Waals surface area contributed by atoms with Crippen LogP contribution in [0.1, 0.15) is 6.92 Å². The van der Waals surface area contributed by atoms with Gasteiger partial charge in [0.25, 0.3) is 0 Å². The van der Waals surface area contributed by atoms with Gasteiger partial charge in [0, 0.05) is 5.57 Å². The largest absolute Gasteiger partial charge is 0.456 e. The number of rotatable bonds is 4. The molecule has 0 aromatic carbocycles. The highest BCUT2D eigenvalue weighted by molar-refractivity contribution is 5.89. The van der Waals surface area contributed by atoms with Crippen molar-refractivity contribution in [3.05, 3.63) is 12.2 Å². The predicted molar refractivity (Wildman–Crippen MR) is 67.2 cm³/mol. The molecule has 0 radical (unpaired) electrons. The summed E-state index contributed by atoms with van der Waals surface area (Å²) in [5.74, 6) is -5.17.